The summed E-state index contributed by atoms with van der Waals surface area (Å²) in [5.74, 6) is 0.972. The SMILES string of the molecule is CC(CCN1CCC2(CC1)CCN(Cc1ccc(Br)cc1)C2=O)c1ccccc1.Cl. The van der Waals surface area contributed by atoms with E-state index >= 15 is 0 Å². The molecule has 162 valence electrons. The average molecular weight is 492 g/mol. The second-order valence-corrected chi connectivity index (χ2v) is 9.74. The fourth-order valence-electron chi connectivity index (χ4n) is 4.85. The van der Waals surface area contributed by atoms with Crippen molar-refractivity contribution in [2.75, 3.05) is 26.2 Å². The molecule has 4 rings (SSSR count). The highest BCUT2D eigenvalue weighted by molar-refractivity contribution is 9.10. The van der Waals surface area contributed by atoms with Crippen molar-refractivity contribution in [2.45, 2.75) is 45.1 Å². The van der Waals surface area contributed by atoms with Crippen LogP contribution >= 0.6 is 28.3 Å². The lowest BCUT2D eigenvalue weighted by atomic mass is 9.77. The van der Waals surface area contributed by atoms with Gasteiger partial charge >= 0.3 is 0 Å². The first-order chi connectivity index (χ1) is 14.1. The number of likely N-dealkylation sites (tertiary alicyclic amines) is 2. The van der Waals surface area contributed by atoms with Crippen molar-refractivity contribution in [3.05, 3.63) is 70.2 Å². The van der Waals surface area contributed by atoms with Crippen molar-refractivity contribution >= 4 is 34.2 Å². The van der Waals surface area contributed by atoms with Crippen LogP contribution in [-0.2, 0) is 11.3 Å². The van der Waals surface area contributed by atoms with Crippen molar-refractivity contribution in [1.29, 1.82) is 0 Å². The molecule has 0 aliphatic carbocycles. The number of rotatable bonds is 6. The molecule has 0 aromatic heterocycles. The Kier molecular flexibility index (Phi) is 8.00. The van der Waals surface area contributed by atoms with E-state index in [1.165, 1.54) is 17.5 Å². The van der Waals surface area contributed by atoms with Gasteiger partial charge in [-0.2, -0.15) is 0 Å². The predicted molar refractivity (Wildman–Crippen MR) is 129 cm³/mol. The van der Waals surface area contributed by atoms with E-state index in [-0.39, 0.29) is 17.8 Å². The van der Waals surface area contributed by atoms with E-state index in [0.717, 1.165) is 56.5 Å². The number of carbonyl (C=O) groups is 1. The molecule has 0 saturated carbocycles. The van der Waals surface area contributed by atoms with Gasteiger partial charge in [-0.3, -0.25) is 4.79 Å². The maximum absolute atomic E-state index is 13.2. The summed E-state index contributed by atoms with van der Waals surface area (Å²) in [6.07, 6.45) is 4.24. The van der Waals surface area contributed by atoms with Gasteiger partial charge in [0, 0.05) is 17.6 Å². The van der Waals surface area contributed by atoms with Gasteiger partial charge in [0.25, 0.3) is 0 Å². The van der Waals surface area contributed by atoms with E-state index in [2.05, 4.69) is 87.3 Å². The van der Waals surface area contributed by atoms with Gasteiger partial charge in [-0.25, -0.2) is 0 Å². The van der Waals surface area contributed by atoms with Gasteiger partial charge in [-0.15, -0.1) is 12.4 Å². The highest BCUT2D eigenvalue weighted by Crippen LogP contribution is 2.42. The summed E-state index contributed by atoms with van der Waals surface area (Å²) in [4.78, 5) is 17.9. The van der Waals surface area contributed by atoms with Crippen LogP contribution in [0.5, 0.6) is 0 Å². The van der Waals surface area contributed by atoms with E-state index in [1.807, 2.05) is 0 Å². The van der Waals surface area contributed by atoms with Crippen molar-refractivity contribution in [3.8, 4) is 0 Å². The molecule has 30 heavy (non-hydrogen) atoms. The molecule has 0 radical (unpaired) electrons. The molecular formula is C25H32BrClN2O. The van der Waals surface area contributed by atoms with Crippen LogP contribution in [0.15, 0.2) is 59.1 Å². The topological polar surface area (TPSA) is 23.6 Å². The van der Waals surface area contributed by atoms with Gasteiger partial charge in [0.2, 0.25) is 5.91 Å². The molecule has 2 aliphatic rings. The van der Waals surface area contributed by atoms with Crippen molar-refractivity contribution in [2.24, 2.45) is 5.41 Å². The number of piperidine rings is 1. The third-order valence-corrected chi connectivity index (χ3v) is 7.48. The second kappa shape index (κ2) is 10.3. The molecule has 1 unspecified atom stereocenters. The highest BCUT2D eigenvalue weighted by Gasteiger charge is 2.47. The van der Waals surface area contributed by atoms with Gasteiger partial charge in [0.15, 0.2) is 0 Å². The average Bonchev–Trinajstić information content (AvgIpc) is 3.05. The Morgan fingerprint density at radius 1 is 0.967 bits per heavy atom. The lowest BCUT2D eigenvalue weighted by molar-refractivity contribution is -0.138. The Morgan fingerprint density at radius 2 is 1.60 bits per heavy atom. The summed E-state index contributed by atoms with van der Waals surface area (Å²) in [7, 11) is 0. The Morgan fingerprint density at radius 3 is 2.27 bits per heavy atom. The smallest absolute Gasteiger partial charge is 0.229 e. The van der Waals surface area contributed by atoms with Crippen LogP contribution in [-0.4, -0.2) is 41.9 Å². The third kappa shape index (κ3) is 5.27. The molecule has 2 fully saturated rings. The number of nitrogens with zero attached hydrogens (tertiary/aromatic N) is 2. The molecular weight excluding hydrogens is 460 g/mol. The van der Waals surface area contributed by atoms with Gasteiger partial charge < -0.3 is 9.80 Å². The number of carbonyl (C=O) groups excluding carboxylic acids is 1. The quantitative estimate of drug-likeness (QED) is 0.504. The molecule has 0 N–H and O–H groups in total. The standard InChI is InChI=1S/C25H31BrN2O.ClH/c1-20(22-5-3-2-4-6-22)11-15-27-16-12-25(13-17-27)14-18-28(24(25)29)19-21-7-9-23(26)10-8-21;/h2-10,20H,11-19H2,1H3;1H. The van der Waals surface area contributed by atoms with Gasteiger partial charge in [0.05, 0.1) is 5.41 Å². The molecule has 1 amide bonds. The number of halogens is 2. The summed E-state index contributed by atoms with van der Waals surface area (Å²) in [6, 6.07) is 19.1. The van der Waals surface area contributed by atoms with Crippen molar-refractivity contribution in [1.82, 2.24) is 9.80 Å². The first kappa shape index (κ1) is 23.3. The minimum atomic E-state index is -0.100. The summed E-state index contributed by atoms with van der Waals surface area (Å²) in [6.45, 7) is 7.20. The van der Waals surface area contributed by atoms with Crippen LogP contribution in [0, 0.1) is 5.41 Å². The fourth-order valence-corrected chi connectivity index (χ4v) is 5.11. The maximum atomic E-state index is 13.2. The summed E-state index contributed by atoms with van der Waals surface area (Å²) in [5, 5.41) is 0. The van der Waals surface area contributed by atoms with E-state index < -0.39 is 0 Å². The highest BCUT2D eigenvalue weighted by atomic mass is 79.9. The van der Waals surface area contributed by atoms with E-state index in [1.54, 1.807) is 0 Å². The summed E-state index contributed by atoms with van der Waals surface area (Å²) < 4.78 is 1.08. The molecule has 5 heteroatoms. The Bertz CT molecular complexity index is 819. The zero-order valence-corrected chi connectivity index (χ0v) is 20.1. The minimum absolute atomic E-state index is 0. The normalized spacial score (nSPS) is 19.7. The van der Waals surface area contributed by atoms with Crippen LogP contribution in [0.4, 0.5) is 0 Å². The number of hydrogen-bond acceptors (Lipinski definition) is 2. The maximum Gasteiger partial charge on any atom is 0.229 e. The molecule has 1 spiro atoms. The second-order valence-electron chi connectivity index (χ2n) is 8.83. The largest absolute Gasteiger partial charge is 0.338 e. The van der Waals surface area contributed by atoms with Crippen LogP contribution in [0.25, 0.3) is 0 Å². The molecule has 2 heterocycles. The lowest BCUT2D eigenvalue weighted by Crippen LogP contribution is -2.44. The molecule has 2 aromatic rings. The first-order valence-electron chi connectivity index (χ1n) is 10.9. The Labute approximate surface area is 195 Å². The predicted octanol–water partition coefficient (Wildman–Crippen LogP) is 5.88. The summed E-state index contributed by atoms with van der Waals surface area (Å²) in [5.41, 5.74) is 2.54. The monoisotopic (exact) mass is 490 g/mol. The minimum Gasteiger partial charge on any atom is -0.338 e. The fraction of sp³-hybridized carbons (Fsp3) is 0.480. The van der Waals surface area contributed by atoms with Crippen LogP contribution < -0.4 is 0 Å². The van der Waals surface area contributed by atoms with Crippen molar-refractivity contribution < 1.29 is 4.79 Å². The first-order valence-corrected chi connectivity index (χ1v) is 11.7. The number of hydrogen-bond donors (Lipinski definition) is 0. The van der Waals surface area contributed by atoms with Gasteiger partial charge in [-0.05, 0) is 74.5 Å². The Hall–Kier alpha value is -1.36. The molecule has 2 saturated heterocycles. The molecule has 2 aliphatic heterocycles. The third-order valence-electron chi connectivity index (χ3n) is 6.95. The summed E-state index contributed by atoms with van der Waals surface area (Å²) >= 11 is 3.48. The van der Waals surface area contributed by atoms with Gasteiger partial charge in [0.1, 0.15) is 0 Å². The van der Waals surface area contributed by atoms with Gasteiger partial charge in [-0.1, -0.05) is 65.3 Å². The molecule has 1 atom stereocenters. The molecule has 2 aromatic carbocycles. The van der Waals surface area contributed by atoms with E-state index in [9.17, 15) is 4.79 Å². The molecule has 0 bridgehead atoms. The zero-order valence-electron chi connectivity index (χ0n) is 17.7. The van der Waals surface area contributed by atoms with Crippen LogP contribution in [0.3, 0.4) is 0 Å². The zero-order chi connectivity index (χ0) is 20.3. The van der Waals surface area contributed by atoms with Crippen molar-refractivity contribution in [3.63, 3.8) is 0 Å². The number of benzene rings is 2. The Balaban J connectivity index is 0.00000256. The van der Waals surface area contributed by atoms with Crippen LogP contribution in [0.2, 0.25) is 0 Å². The molecule has 3 nitrogen and oxygen atoms in total. The van der Waals surface area contributed by atoms with Crippen LogP contribution in [0.1, 0.15) is 49.7 Å². The van der Waals surface area contributed by atoms with E-state index in [0.29, 0.717) is 11.8 Å². The lowest BCUT2D eigenvalue weighted by Gasteiger charge is -2.38. The number of amides is 1. The van der Waals surface area contributed by atoms with E-state index in [4.69, 9.17) is 0 Å².